The number of hydrogen-bond acceptors (Lipinski definition) is 5. The predicted octanol–water partition coefficient (Wildman–Crippen LogP) is 32.9. The average Bonchev–Trinajstić information content (AvgIpc) is 1.56. The van der Waals surface area contributed by atoms with E-state index in [-0.39, 0.29) is 0 Å². The fraction of sp³-hybridized carbons (Fsp3) is 0.198. The Morgan fingerprint density at radius 1 is 0.277 bits per heavy atom. The van der Waals surface area contributed by atoms with Gasteiger partial charge in [-0.3, -0.25) is 0 Å². The number of benzene rings is 15. The lowest BCUT2D eigenvalue weighted by Gasteiger charge is -2.21. The molecule has 0 amide bonds. The summed E-state index contributed by atoms with van der Waals surface area (Å²) in [5, 5.41) is 22.8. The van der Waals surface area contributed by atoms with Gasteiger partial charge >= 0.3 is 0 Å². The summed E-state index contributed by atoms with van der Waals surface area (Å²) in [5.74, 6) is -1.55. The first-order valence-corrected chi connectivity index (χ1v) is 49.3. The van der Waals surface area contributed by atoms with Crippen LogP contribution in [0.15, 0.2) is 356 Å². The summed E-state index contributed by atoms with van der Waals surface area (Å²) in [6.45, 7) is 17.2. The molecule has 1 aliphatic carbocycles. The molecule has 0 bridgehead atoms. The van der Waals surface area contributed by atoms with Crippen molar-refractivity contribution in [2.45, 2.75) is 133 Å². The summed E-state index contributed by atoms with van der Waals surface area (Å²) in [4.78, 5) is 0. The van der Waals surface area contributed by atoms with Crippen LogP contribution in [0, 0.1) is 47.5 Å². The molecule has 1 unspecified atom stereocenters. The number of aryl methyl sites for hydroxylation is 12. The molecule has 0 spiro atoms. The minimum atomic E-state index is -2.44. The van der Waals surface area contributed by atoms with E-state index in [2.05, 4.69) is 324 Å². The zero-order valence-corrected chi connectivity index (χ0v) is 82.9. The third-order valence-corrected chi connectivity index (χ3v) is 29.5. The molecule has 141 heavy (non-hydrogen) atoms. The molecule has 0 aliphatic heterocycles. The van der Waals surface area contributed by atoms with Crippen molar-refractivity contribution < 1.29 is 54.5 Å². The topological polar surface area (TPSA) is 85.1 Å². The summed E-state index contributed by atoms with van der Waals surface area (Å²) >= 11 is 0. The second-order valence-electron chi connectivity index (χ2n) is 39.0. The van der Waals surface area contributed by atoms with E-state index >= 15 is 0 Å². The summed E-state index contributed by atoms with van der Waals surface area (Å²) in [5.41, 5.74) is 30.3. The summed E-state index contributed by atoms with van der Waals surface area (Å²) in [6, 6.07) is 105. The predicted molar refractivity (Wildman–Crippen MR) is 585 cm³/mol. The van der Waals surface area contributed by atoms with Gasteiger partial charge in [-0.25, -0.2) is 22.8 Å². The van der Waals surface area contributed by atoms with Gasteiger partial charge in [0.25, 0.3) is 0 Å². The van der Waals surface area contributed by atoms with E-state index in [0.717, 1.165) is 177 Å². The van der Waals surface area contributed by atoms with E-state index in [1.54, 1.807) is 13.0 Å². The van der Waals surface area contributed by atoms with Gasteiger partial charge in [-0.1, -0.05) is 279 Å². The number of pyridine rings is 5. The normalized spacial score (nSPS) is 14.0. The van der Waals surface area contributed by atoms with E-state index in [4.69, 9.17) is 31.7 Å². The lowest BCUT2D eigenvalue weighted by atomic mass is 9.85. The van der Waals surface area contributed by atoms with Crippen molar-refractivity contribution in [3.05, 3.63) is 390 Å². The van der Waals surface area contributed by atoms with Crippen molar-refractivity contribution in [2.24, 2.45) is 41.2 Å². The largest absolute Gasteiger partial charge is 0.454 e. The van der Waals surface area contributed by atoms with Crippen LogP contribution in [0.25, 0.3) is 220 Å². The van der Waals surface area contributed by atoms with Crippen LogP contribution < -0.4 is 22.8 Å². The molecule has 1 aliphatic rings. The summed E-state index contributed by atoms with van der Waals surface area (Å²) < 4.78 is 100. The van der Waals surface area contributed by atoms with Crippen LogP contribution in [0.2, 0.25) is 0 Å². The monoisotopic (exact) mass is 1850 g/mol. The van der Waals surface area contributed by atoms with Crippen LogP contribution in [0.3, 0.4) is 0 Å². The SMILES string of the molecule is Cc1cc[n+](C)c(-c2c(C)ccc3c2oc2c4ccccc4ccc32)c1.Cc1ccc2c(oc3c4ccccc4ccc23)c1-c1cc(CC2CCCCC2)cc[n+]1C.[2H]C(C)(C)c1cc[n+](C)c(-c2c(C)ccc3c2oc2c4ccccc4ccc32)c1.[2H]C([2H])(C)c1cc[n+](C)c(-c2c(C)ccc3c2oc2c4ccccc4ccc32)c1.[2H]C([2H])([2H])C([2H])(C)c1cc[n+](C)c(-c2c(C)ccc3c2oc2c4ccccc4ccc32)c1. The van der Waals surface area contributed by atoms with Crippen LogP contribution in [0.1, 0.15) is 144 Å². The molecule has 10 aromatic heterocycles. The molecule has 25 aromatic rings. The molecule has 1 saturated carbocycles. The van der Waals surface area contributed by atoms with Crippen LogP contribution in [-0.2, 0) is 48.0 Å². The van der Waals surface area contributed by atoms with Gasteiger partial charge in [0.2, 0.25) is 28.5 Å². The molecule has 0 N–H and O–H groups in total. The lowest BCUT2D eigenvalue weighted by Crippen LogP contribution is -2.31. The van der Waals surface area contributed by atoms with E-state index in [1.807, 2.05) is 118 Å². The Labute approximate surface area is 833 Å². The number of furan rings is 5. The average molecular weight is 1850 g/mol. The minimum Gasteiger partial charge on any atom is -0.454 e. The molecule has 15 aromatic carbocycles. The number of aromatic nitrogens is 5. The van der Waals surface area contributed by atoms with Gasteiger partial charge in [-0.15, -0.1) is 0 Å². The molecule has 10 nitrogen and oxygen atoms in total. The van der Waals surface area contributed by atoms with Crippen molar-refractivity contribution in [1.29, 1.82) is 0 Å². The molecular weight excluding hydrogens is 1720 g/mol. The van der Waals surface area contributed by atoms with Gasteiger partial charge < -0.3 is 22.1 Å². The van der Waals surface area contributed by atoms with Crippen molar-refractivity contribution in [1.82, 2.24) is 0 Å². The highest BCUT2D eigenvalue weighted by Crippen LogP contribution is 2.48. The lowest BCUT2D eigenvalue weighted by molar-refractivity contribution is -0.660. The Bertz CT molecular complexity index is 9430. The number of rotatable bonds is 10. The Morgan fingerprint density at radius 2 is 0.532 bits per heavy atom. The number of hydrogen-bond donors (Lipinski definition) is 0. The number of fused-ring (bicyclic) bond motifs is 25. The van der Waals surface area contributed by atoms with Crippen molar-refractivity contribution in [3.8, 4) is 56.3 Å². The zero-order valence-electron chi connectivity index (χ0n) is 89.9. The highest BCUT2D eigenvalue weighted by atomic mass is 16.3. The summed E-state index contributed by atoms with van der Waals surface area (Å²) in [7, 11) is 10.2. The third-order valence-electron chi connectivity index (χ3n) is 29.5. The maximum Gasteiger partial charge on any atom is 0.216 e. The first-order valence-electron chi connectivity index (χ1n) is 52.8. The fourth-order valence-electron chi connectivity index (χ4n) is 21.7. The van der Waals surface area contributed by atoms with Gasteiger partial charge in [0.15, 0.2) is 31.0 Å². The smallest absolute Gasteiger partial charge is 0.216 e. The molecule has 0 radical (unpaired) electrons. The first-order chi connectivity index (χ1) is 71.1. The van der Waals surface area contributed by atoms with Crippen LogP contribution >= 0.6 is 0 Å². The highest BCUT2D eigenvalue weighted by molar-refractivity contribution is 6.22. The minimum absolute atomic E-state index is 0.448. The second kappa shape index (κ2) is 37.3. The van der Waals surface area contributed by atoms with Crippen molar-refractivity contribution in [2.75, 3.05) is 0 Å². The van der Waals surface area contributed by atoms with Crippen molar-refractivity contribution >= 4 is 164 Å². The second-order valence-corrected chi connectivity index (χ2v) is 39.0. The maximum absolute atomic E-state index is 8.55. The van der Waals surface area contributed by atoms with Gasteiger partial charge in [0, 0.05) is 151 Å². The molecule has 10 heterocycles. The Kier molecular flexibility index (Phi) is 21.8. The molecule has 10 heteroatoms. The zero-order chi connectivity index (χ0) is 103. The molecular formula is C131H120N5O5+5. The van der Waals surface area contributed by atoms with Gasteiger partial charge in [0.1, 0.15) is 91.1 Å². The van der Waals surface area contributed by atoms with Gasteiger partial charge in [-0.2, -0.15) is 0 Å². The maximum atomic E-state index is 8.55. The van der Waals surface area contributed by atoms with Crippen molar-refractivity contribution in [3.63, 3.8) is 0 Å². The van der Waals surface area contributed by atoms with Crippen LogP contribution in [0.4, 0.5) is 0 Å². The van der Waals surface area contributed by atoms with E-state index in [0.29, 0.717) is 11.1 Å². The third kappa shape index (κ3) is 16.5. The molecule has 694 valence electrons. The van der Waals surface area contributed by atoms with Crippen LogP contribution in [-0.4, -0.2) is 0 Å². The van der Waals surface area contributed by atoms with E-state index in [9.17, 15) is 0 Å². The number of nitrogens with zero attached hydrogens (tertiary/aromatic N) is 5. The van der Waals surface area contributed by atoms with E-state index in [1.165, 1.54) is 139 Å². The summed E-state index contributed by atoms with van der Waals surface area (Å²) in [6.07, 6.45) is 16.8. The Hall–Kier alpha value is -15.7. The Morgan fingerprint density at radius 3 is 0.837 bits per heavy atom. The molecule has 0 saturated heterocycles. The van der Waals surface area contributed by atoms with Crippen LogP contribution in [0.5, 0.6) is 0 Å². The van der Waals surface area contributed by atoms with E-state index < -0.39 is 25.0 Å². The molecule has 26 rings (SSSR count). The quantitative estimate of drug-likeness (QED) is 0.127. The molecule has 1 fully saturated rings. The fourth-order valence-corrected chi connectivity index (χ4v) is 21.7. The molecule has 1 atom stereocenters. The standard InChI is InChI=1S/C30H30NO.2C26H24NO.C25H22NO.C24H20NO/c1-20-12-14-26-25-15-13-23-10-6-7-11-24(23)29(25)32-30(26)28(20)27-19-22(16-17-31(27)2)18-21-8-4-3-5-9-21;2*1-16(2)19-13-14-27(4)23(15-19)24-17(3)9-11-22-21-12-10-18-7-5-6-8-20(18)25(21)28-26(22)24;1-4-17-13-14-26(3)22(15-17)23-16(2)9-11-21-20-12-10-18-7-5-6-8-19(18)24(20)27-25(21)23;1-15-12-13-25(3)21(14-15)22-16(2)8-10-20-19-11-9-17-6-4-5-7-18(17)23(19)26-24(20)22/h6-7,10-17,19,21H,3-5,8-9,18H2,1-2H3;2*5-16H,1-4H3;5-15H,4H2,1-3H3;4-14H,1-3H3/q5*+1/i;1D3,16D;16D;4D2;. The Balaban J connectivity index is 0.000000105. The van der Waals surface area contributed by atoms with Gasteiger partial charge in [0.05, 0.1) is 27.8 Å². The van der Waals surface area contributed by atoms with Gasteiger partial charge in [-0.05, 0) is 185 Å². The first kappa shape index (κ1) is 82.4. The highest BCUT2D eigenvalue weighted by Gasteiger charge is 2.30.